The van der Waals surface area contributed by atoms with Crippen molar-refractivity contribution in [1.29, 1.82) is 0 Å². The number of amides is 2. The number of hydrogen-bond donors (Lipinski definition) is 2. The largest absolute Gasteiger partial charge is 0.387 e. The van der Waals surface area contributed by atoms with E-state index < -0.39 is 5.60 Å². The Bertz CT molecular complexity index is 829. The maximum Gasteiger partial charge on any atom is 0.321 e. The topological polar surface area (TPSA) is 79.6 Å². The highest BCUT2D eigenvalue weighted by atomic mass is 35.5. The van der Waals surface area contributed by atoms with Gasteiger partial charge in [-0.3, -0.25) is 0 Å². The highest BCUT2D eigenvalue weighted by Crippen LogP contribution is 2.30. The number of para-hydroxylation sites is 1. The number of carbonyl (C=O) groups excluding carboxylic acids is 1. The third-order valence-corrected chi connectivity index (χ3v) is 5.39. The quantitative estimate of drug-likeness (QED) is 0.794. The second-order valence-electron chi connectivity index (χ2n) is 7.54. The number of hydrogen-bond acceptors (Lipinski definition) is 4. The summed E-state index contributed by atoms with van der Waals surface area (Å²) in [6.45, 7) is 5.32. The predicted molar refractivity (Wildman–Crippen MR) is 109 cm³/mol. The molecule has 0 bridgehead atoms. The van der Waals surface area contributed by atoms with Gasteiger partial charge in [0.05, 0.1) is 40.5 Å². The van der Waals surface area contributed by atoms with Crippen LogP contribution in [0.1, 0.15) is 38.3 Å². The van der Waals surface area contributed by atoms with Gasteiger partial charge in [-0.15, -0.1) is 0 Å². The van der Waals surface area contributed by atoms with E-state index in [9.17, 15) is 9.90 Å². The summed E-state index contributed by atoms with van der Waals surface area (Å²) in [5, 5.41) is 18.5. The Balaban J connectivity index is 1.76. The number of methoxy groups -OCH3 is 1. The first kappa shape index (κ1) is 20.6. The number of benzene rings is 1. The minimum absolute atomic E-state index is 0.127. The molecule has 2 N–H and O–H groups in total. The van der Waals surface area contributed by atoms with E-state index in [0.29, 0.717) is 36.6 Å². The highest BCUT2D eigenvalue weighted by molar-refractivity contribution is 6.32. The molecule has 2 heterocycles. The van der Waals surface area contributed by atoms with Crippen LogP contribution in [0.3, 0.4) is 0 Å². The normalized spacial score (nSPS) is 16.4. The monoisotopic (exact) mass is 406 g/mol. The maximum atomic E-state index is 12.8. The molecule has 1 aromatic carbocycles. The van der Waals surface area contributed by atoms with Gasteiger partial charge in [0, 0.05) is 20.2 Å². The molecule has 0 aliphatic carbocycles. The van der Waals surface area contributed by atoms with Gasteiger partial charge in [0.25, 0.3) is 0 Å². The molecule has 7 nitrogen and oxygen atoms in total. The highest BCUT2D eigenvalue weighted by Gasteiger charge is 2.34. The summed E-state index contributed by atoms with van der Waals surface area (Å²) in [6.07, 6.45) is 2.64. The van der Waals surface area contributed by atoms with E-state index in [2.05, 4.69) is 10.4 Å². The van der Waals surface area contributed by atoms with Gasteiger partial charge in [-0.25, -0.2) is 9.48 Å². The van der Waals surface area contributed by atoms with Crippen LogP contribution in [0.4, 0.5) is 10.5 Å². The van der Waals surface area contributed by atoms with Crippen molar-refractivity contribution in [3.05, 3.63) is 41.2 Å². The van der Waals surface area contributed by atoms with Gasteiger partial charge in [-0.1, -0.05) is 37.6 Å². The fraction of sp³-hybridized carbons (Fsp3) is 0.500. The van der Waals surface area contributed by atoms with Crippen LogP contribution in [0.2, 0.25) is 5.02 Å². The summed E-state index contributed by atoms with van der Waals surface area (Å²) >= 11 is 6.33. The molecule has 152 valence electrons. The Hall–Kier alpha value is -2.09. The molecule has 1 aliphatic heterocycles. The van der Waals surface area contributed by atoms with Crippen LogP contribution in [-0.2, 0) is 4.74 Å². The van der Waals surface area contributed by atoms with Crippen LogP contribution in [0, 0.1) is 0 Å². The molecule has 0 spiro atoms. The van der Waals surface area contributed by atoms with Gasteiger partial charge in [0.15, 0.2) is 0 Å². The minimum Gasteiger partial charge on any atom is -0.387 e. The van der Waals surface area contributed by atoms with Gasteiger partial charge in [0.1, 0.15) is 0 Å². The van der Waals surface area contributed by atoms with Crippen LogP contribution in [0.5, 0.6) is 0 Å². The van der Waals surface area contributed by atoms with Crippen LogP contribution in [0.25, 0.3) is 5.69 Å². The average Bonchev–Trinajstić information content (AvgIpc) is 3.06. The van der Waals surface area contributed by atoms with Crippen molar-refractivity contribution in [3.8, 4) is 5.69 Å². The number of likely N-dealkylation sites (tertiary alicyclic amines) is 1. The number of halogens is 1. The molecule has 1 aromatic heterocycles. The zero-order valence-electron chi connectivity index (χ0n) is 16.5. The summed E-state index contributed by atoms with van der Waals surface area (Å²) in [7, 11) is 1.57. The van der Waals surface area contributed by atoms with Crippen molar-refractivity contribution >= 4 is 23.3 Å². The molecular formula is C20H27ClN4O3. The number of rotatable bonds is 5. The standard InChI is InChI=1S/C20H27ClN4O3/c1-14(2)18-16(12-22-25(18)17-7-5-4-6-15(17)21)23-19(26)24-10-8-20(27,9-11-24)13-28-3/h4-7,12,14,27H,8-11,13H2,1-3H3,(H,23,26). The Morgan fingerprint density at radius 2 is 2.04 bits per heavy atom. The van der Waals surface area contributed by atoms with Crippen LogP contribution in [-0.4, -0.2) is 58.2 Å². The Morgan fingerprint density at radius 1 is 1.36 bits per heavy atom. The SMILES string of the molecule is COCC1(O)CCN(C(=O)Nc2cnn(-c3ccccc3Cl)c2C(C)C)CC1. The van der Waals surface area contributed by atoms with E-state index in [1.165, 1.54) is 0 Å². The second-order valence-corrected chi connectivity index (χ2v) is 7.94. The number of aliphatic hydroxyl groups is 1. The summed E-state index contributed by atoms with van der Waals surface area (Å²) in [4.78, 5) is 14.5. The molecular weight excluding hydrogens is 380 g/mol. The molecule has 1 fully saturated rings. The smallest absolute Gasteiger partial charge is 0.321 e. The van der Waals surface area contributed by atoms with Gasteiger partial charge in [-0.05, 0) is 30.9 Å². The first-order valence-electron chi connectivity index (χ1n) is 9.45. The average molecular weight is 407 g/mol. The van der Waals surface area contributed by atoms with Crippen LogP contribution in [0.15, 0.2) is 30.5 Å². The zero-order chi connectivity index (χ0) is 20.3. The number of nitrogens with zero attached hydrogens (tertiary/aromatic N) is 3. The Morgan fingerprint density at radius 3 is 2.64 bits per heavy atom. The predicted octanol–water partition coefficient (Wildman–Crippen LogP) is 3.65. The minimum atomic E-state index is -0.858. The van der Waals surface area contributed by atoms with Gasteiger partial charge >= 0.3 is 6.03 Å². The molecule has 0 unspecified atom stereocenters. The fourth-order valence-electron chi connectivity index (χ4n) is 3.56. The van der Waals surface area contributed by atoms with E-state index in [1.54, 1.807) is 22.9 Å². The Kier molecular flexibility index (Phi) is 6.27. The fourth-order valence-corrected chi connectivity index (χ4v) is 3.77. The summed E-state index contributed by atoms with van der Waals surface area (Å²) in [6, 6.07) is 7.29. The molecule has 0 saturated carbocycles. The van der Waals surface area contributed by atoms with E-state index in [4.69, 9.17) is 16.3 Å². The van der Waals surface area contributed by atoms with Crippen molar-refractivity contribution in [3.63, 3.8) is 0 Å². The van der Waals surface area contributed by atoms with Crippen LogP contribution < -0.4 is 5.32 Å². The molecule has 1 aliphatic rings. The number of nitrogens with one attached hydrogen (secondary N) is 1. The summed E-state index contributed by atoms with van der Waals surface area (Å²) < 4.78 is 6.86. The summed E-state index contributed by atoms with van der Waals surface area (Å²) in [5.41, 5.74) is 1.46. The van der Waals surface area contributed by atoms with E-state index in [-0.39, 0.29) is 18.6 Å². The number of carbonyl (C=O) groups is 1. The molecule has 3 rings (SSSR count). The van der Waals surface area contributed by atoms with Gasteiger partial charge in [-0.2, -0.15) is 5.10 Å². The number of anilines is 1. The first-order chi connectivity index (χ1) is 13.3. The lowest BCUT2D eigenvalue weighted by atomic mass is 9.92. The third-order valence-electron chi connectivity index (χ3n) is 5.07. The number of aromatic nitrogens is 2. The summed E-state index contributed by atoms with van der Waals surface area (Å²) in [5.74, 6) is 0.127. The van der Waals surface area contributed by atoms with Crippen molar-refractivity contribution in [2.24, 2.45) is 0 Å². The van der Waals surface area contributed by atoms with Crippen LogP contribution >= 0.6 is 11.6 Å². The molecule has 1 saturated heterocycles. The van der Waals surface area contributed by atoms with Crippen molar-refractivity contribution in [2.75, 3.05) is 32.1 Å². The molecule has 2 amide bonds. The number of piperidine rings is 1. The molecule has 2 aromatic rings. The van der Waals surface area contributed by atoms with E-state index in [1.807, 2.05) is 38.1 Å². The number of urea groups is 1. The maximum absolute atomic E-state index is 12.8. The molecule has 28 heavy (non-hydrogen) atoms. The zero-order valence-corrected chi connectivity index (χ0v) is 17.2. The lowest BCUT2D eigenvalue weighted by molar-refractivity contribution is -0.0642. The van der Waals surface area contributed by atoms with Gasteiger partial charge < -0.3 is 20.1 Å². The number of ether oxygens (including phenoxy) is 1. The second kappa shape index (κ2) is 8.51. The van der Waals surface area contributed by atoms with Crippen molar-refractivity contribution in [1.82, 2.24) is 14.7 Å². The molecule has 0 atom stereocenters. The first-order valence-corrected chi connectivity index (χ1v) is 9.82. The lowest BCUT2D eigenvalue weighted by Gasteiger charge is -2.37. The molecule has 0 radical (unpaired) electrons. The Labute approximate surface area is 170 Å². The van der Waals surface area contributed by atoms with Gasteiger partial charge in [0.2, 0.25) is 0 Å². The van der Waals surface area contributed by atoms with Crippen molar-refractivity contribution < 1.29 is 14.6 Å². The lowest BCUT2D eigenvalue weighted by Crippen LogP contribution is -2.50. The van der Waals surface area contributed by atoms with Crippen molar-refractivity contribution in [2.45, 2.75) is 38.2 Å². The van der Waals surface area contributed by atoms with E-state index >= 15 is 0 Å². The molecule has 8 heteroatoms. The third kappa shape index (κ3) is 4.32. The van der Waals surface area contributed by atoms with E-state index in [0.717, 1.165) is 11.4 Å².